The van der Waals surface area contributed by atoms with Crippen LogP contribution < -0.4 is 10.6 Å². The van der Waals surface area contributed by atoms with Crippen molar-refractivity contribution < 1.29 is 23.5 Å². The van der Waals surface area contributed by atoms with Gasteiger partial charge in [-0.2, -0.15) is 0 Å². The summed E-state index contributed by atoms with van der Waals surface area (Å²) in [5, 5.41) is 15.3. The molecule has 0 aliphatic heterocycles. The van der Waals surface area contributed by atoms with Crippen LogP contribution in [0.15, 0.2) is 42.5 Å². The fourth-order valence-electron chi connectivity index (χ4n) is 3.02. The normalized spacial score (nSPS) is 18.7. The molecule has 0 bridgehead atoms. The molecule has 2 aromatic carbocycles. The van der Waals surface area contributed by atoms with Gasteiger partial charge in [-0.15, -0.1) is 0 Å². The molecule has 0 radical (unpaired) electrons. The average Bonchev–Trinajstić information content (AvgIpc) is 2.62. The Bertz CT molecular complexity index is 856. The molecule has 7 heteroatoms. The summed E-state index contributed by atoms with van der Waals surface area (Å²) in [6.45, 7) is -0.0780. The number of fused-ring (bicyclic) bond motifs is 1. The Morgan fingerprint density at radius 2 is 1.77 bits per heavy atom. The van der Waals surface area contributed by atoms with E-state index >= 15 is 0 Å². The first-order chi connectivity index (χ1) is 12.4. The Kier molecular flexibility index (Phi) is 4.99. The summed E-state index contributed by atoms with van der Waals surface area (Å²) in [7, 11) is 0. The summed E-state index contributed by atoms with van der Waals surface area (Å²) >= 11 is 0. The van der Waals surface area contributed by atoms with Crippen molar-refractivity contribution in [3.63, 3.8) is 0 Å². The van der Waals surface area contributed by atoms with Crippen LogP contribution in [-0.2, 0) is 22.4 Å². The molecule has 0 fully saturated rings. The summed E-state index contributed by atoms with van der Waals surface area (Å²) in [6.07, 6.45) is 1.53. The average molecular weight is 360 g/mol. The van der Waals surface area contributed by atoms with Crippen LogP contribution in [0.1, 0.15) is 17.5 Å². The maximum atomic E-state index is 13.1. The van der Waals surface area contributed by atoms with E-state index in [0.717, 1.165) is 23.8 Å². The molecule has 0 saturated heterocycles. The van der Waals surface area contributed by atoms with E-state index in [1.165, 1.54) is 5.56 Å². The number of hydrogen-bond acceptors (Lipinski definition) is 3. The second-order valence-corrected chi connectivity index (χ2v) is 6.44. The molecular weight excluding hydrogens is 342 g/mol. The number of amides is 2. The zero-order valence-corrected chi connectivity index (χ0v) is 13.9. The molecule has 1 aliphatic rings. The molecule has 0 saturated carbocycles. The molecule has 0 heterocycles. The standard InChI is InChI=1S/C19H18F2N2O3/c20-15-6-5-14(9-16(15)21)23-18(25)17(24)22-11-19(26)8-7-12-3-1-2-4-13(12)10-19/h1-6,9,26H,7-8,10-11H2,(H,22,24)(H,23,25). The highest BCUT2D eigenvalue weighted by Crippen LogP contribution is 2.28. The Morgan fingerprint density at radius 1 is 1.04 bits per heavy atom. The molecule has 3 N–H and O–H groups in total. The molecule has 0 aromatic heterocycles. The van der Waals surface area contributed by atoms with Gasteiger partial charge in [-0.05, 0) is 36.1 Å². The van der Waals surface area contributed by atoms with Gasteiger partial charge in [-0.1, -0.05) is 24.3 Å². The van der Waals surface area contributed by atoms with E-state index in [1.807, 2.05) is 24.3 Å². The minimum atomic E-state index is -1.13. The number of anilines is 1. The van der Waals surface area contributed by atoms with E-state index < -0.39 is 29.0 Å². The zero-order valence-electron chi connectivity index (χ0n) is 13.9. The summed E-state index contributed by atoms with van der Waals surface area (Å²) in [6, 6.07) is 10.5. The molecule has 0 spiro atoms. The maximum Gasteiger partial charge on any atom is 0.313 e. The smallest absolute Gasteiger partial charge is 0.313 e. The van der Waals surface area contributed by atoms with Crippen molar-refractivity contribution in [2.75, 3.05) is 11.9 Å². The summed E-state index contributed by atoms with van der Waals surface area (Å²) in [4.78, 5) is 23.8. The van der Waals surface area contributed by atoms with Crippen molar-refractivity contribution in [1.29, 1.82) is 0 Å². The Hall–Kier alpha value is -2.80. The molecular formula is C19H18F2N2O3. The van der Waals surface area contributed by atoms with Crippen LogP contribution in [0.25, 0.3) is 0 Å². The largest absolute Gasteiger partial charge is 0.388 e. The molecule has 1 atom stereocenters. The van der Waals surface area contributed by atoms with Crippen LogP contribution in [0, 0.1) is 11.6 Å². The van der Waals surface area contributed by atoms with Crippen LogP contribution >= 0.6 is 0 Å². The first-order valence-corrected chi connectivity index (χ1v) is 8.20. The number of hydrogen-bond donors (Lipinski definition) is 3. The van der Waals surface area contributed by atoms with E-state index in [1.54, 1.807) is 0 Å². The predicted octanol–water partition coefficient (Wildman–Crippen LogP) is 1.94. The van der Waals surface area contributed by atoms with Crippen LogP contribution in [-0.4, -0.2) is 29.1 Å². The highest BCUT2D eigenvalue weighted by Gasteiger charge is 2.32. The Balaban J connectivity index is 1.56. The molecule has 1 aliphatic carbocycles. The third-order valence-electron chi connectivity index (χ3n) is 4.46. The van der Waals surface area contributed by atoms with Gasteiger partial charge in [0.2, 0.25) is 0 Å². The van der Waals surface area contributed by atoms with Crippen molar-refractivity contribution >= 4 is 17.5 Å². The lowest BCUT2D eigenvalue weighted by atomic mass is 9.80. The highest BCUT2D eigenvalue weighted by molar-refractivity contribution is 6.39. The lowest BCUT2D eigenvalue weighted by Gasteiger charge is -2.33. The van der Waals surface area contributed by atoms with Crippen molar-refractivity contribution in [1.82, 2.24) is 5.32 Å². The lowest BCUT2D eigenvalue weighted by molar-refractivity contribution is -0.136. The molecule has 5 nitrogen and oxygen atoms in total. The number of aryl methyl sites for hydroxylation is 1. The number of carbonyl (C=O) groups excluding carboxylic acids is 2. The number of halogens is 2. The van der Waals surface area contributed by atoms with Gasteiger partial charge < -0.3 is 15.7 Å². The minimum absolute atomic E-state index is 0.0330. The quantitative estimate of drug-likeness (QED) is 0.732. The molecule has 2 amide bonds. The van der Waals surface area contributed by atoms with Gasteiger partial charge in [-0.25, -0.2) is 8.78 Å². The van der Waals surface area contributed by atoms with Crippen LogP contribution in [0.5, 0.6) is 0 Å². The number of carbonyl (C=O) groups is 2. The minimum Gasteiger partial charge on any atom is -0.388 e. The Labute approximate surface area is 149 Å². The second-order valence-electron chi connectivity index (χ2n) is 6.44. The van der Waals surface area contributed by atoms with Gasteiger partial charge in [0.05, 0.1) is 5.60 Å². The highest BCUT2D eigenvalue weighted by atomic mass is 19.2. The number of rotatable bonds is 3. The molecule has 1 unspecified atom stereocenters. The van der Waals surface area contributed by atoms with E-state index in [4.69, 9.17) is 0 Å². The maximum absolute atomic E-state index is 13.1. The fourth-order valence-corrected chi connectivity index (χ4v) is 3.02. The topological polar surface area (TPSA) is 78.4 Å². The summed E-state index contributed by atoms with van der Waals surface area (Å²) in [5.74, 6) is -4.15. The number of aliphatic hydroxyl groups is 1. The molecule has 136 valence electrons. The molecule has 26 heavy (non-hydrogen) atoms. The lowest BCUT2D eigenvalue weighted by Crippen LogP contribution is -2.49. The van der Waals surface area contributed by atoms with Gasteiger partial charge >= 0.3 is 11.8 Å². The molecule has 3 rings (SSSR count). The van der Waals surface area contributed by atoms with E-state index in [-0.39, 0.29) is 12.2 Å². The van der Waals surface area contributed by atoms with Crippen molar-refractivity contribution in [2.24, 2.45) is 0 Å². The van der Waals surface area contributed by atoms with Crippen LogP contribution in [0.4, 0.5) is 14.5 Å². The van der Waals surface area contributed by atoms with Gasteiger partial charge in [0.25, 0.3) is 0 Å². The number of nitrogens with one attached hydrogen (secondary N) is 2. The monoisotopic (exact) mass is 360 g/mol. The van der Waals surface area contributed by atoms with Crippen LogP contribution in [0.3, 0.4) is 0 Å². The van der Waals surface area contributed by atoms with E-state index in [9.17, 15) is 23.5 Å². The van der Waals surface area contributed by atoms with Gasteiger partial charge in [-0.3, -0.25) is 9.59 Å². The van der Waals surface area contributed by atoms with E-state index in [2.05, 4.69) is 10.6 Å². The third-order valence-corrected chi connectivity index (χ3v) is 4.46. The third kappa shape index (κ3) is 4.05. The Morgan fingerprint density at radius 3 is 2.50 bits per heavy atom. The molecule has 2 aromatic rings. The zero-order chi connectivity index (χ0) is 18.7. The van der Waals surface area contributed by atoms with Gasteiger partial charge in [0.1, 0.15) is 0 Å². The fraction of sp³-hybridized carbons (Fsp3) is 0.263. The van der Waals surface area contributed by atoms with Crippen LogP contribution in [0.2, 0.25) is 0 Å². The summed E-state index contributed by atoms with van der Waals surface area (Å²) in [5.41, 5.74) is 1.02. The van der Waals surface area contributed by atoms with Crippen molar-refractivity contribution in [3.8, 4) is 0 Å². The van der Waals surface area contributed by atoms with Gasteiger partial charge in [0.15, 0.2) is 11.6 Å². The first-order valence-electron chi connectivity index (χ1n) is 8.20. The van der Waals surface area contributed by atoms with Gasteiger partial charge in [0, 0.05) is 24.7 Å². The van der Waals surface area contributed by atoms with E-state index in [0.29, 0.717) is 19.3 Å². The van der Waals surface area contributed by atoms with Crippen molar-refractivity contribution in [3.05, 3.63) is 65.2 Å². The number of benzene rings is 2. The van der Waals surface area contributed by atoms with Crippen molar-refractivity contribution in [2.45, 2.75) is 24.9 Å². The second kappa shape index (κ2) is 7.21. The summed E-state index contributed by atoms with van der Waals surface area (Å²) < 4.78 is 26.0. The first kappa shape index (κ1) is 18.0. The predicted molar refractivity (Wildman–Crippen MR) is 91.4 cm³/mol. The SMILES string of the molecule is O=C(NCC1(O)CCc2ccccc2C1)C(=O)Nc1ccc(F)c(F)c1.